The van der Waals surface area contributed by atoms with Gasteiger partial charge < -0.3 is 4.90 Å². The molecule has 2 aromatic carbocycles. The Hall–Kier alpha value is -1.82. The minimum absolute atomic E-state index is 0. The Morgan fingerprint density at radius 1 is 0.880 bits per heavy atom. The van der Waals surface area contributed by atoms with Crippen LogP contribution in [-0.4, -0.2) is 24.5 Å². The van der Waals surface area contributed by atoms with Gasteiger partial charge in [0, 0.05) is 0 Å². The summed E-state index contributed by atoms with van der Waals surface area (Å²) in [6.07, 6.45) is 5.35. The molecular formula is C22H27ClN2. The molecule has 1 aliphatic heterocycles. The summed E-state index contributed by atoms with van der Waals surface area (Å²) in [5.74, 6) is 0. The molecule has 3 heteroatoms. The first-order valence-corrected chi connectivity index (χ1v) is 9.05. The van der Waals surface area contributed by atoms with Crippen LogP contribution in [0.15, 0.2) is 60.7 Å². The largest absolute Gasteiger partial charge is 0.303 e. The van der Waals surface area contributed by atoms with Crippen molar-refractivity contribution in [3.63, 3.8) is 0 Å². The van der Waals surface area contributed by atoms with Crippen LogP contribution in [0.25, 0.3) is 0 Å². The molecule has 1 atom stereocenters. The van der Waals surface area contributed by atoms with Gasteiger partial charge in [-0.3, -0.25) is 0 Å². The number of halogens is 1. The zero-order chi connectivity index (χ0) is 16.7. The van der Waals surface area contributed by atoms with E-state index in [0.717, 1.165) is 25.8 Å². The molecule has 1 heterocycles. The second-order valence-corrected chi connectivity index (χ2v) is 6.84. The zero-order valence-electron chi connectivity index (χ0n) is 14.7. The highest BCUT2D eigenvalue weighted by molar-refractivity contribution is 5.85. The van der Waals surface area contributed by atoms with Gasteiger partial charge in [0.1, 0.15) is 0 Å². The van der Waals surface area contributed by atoms with Crippen molar-refractivity contribution in [3.05, 3.63) is 71.8 Å². The number of nitriles is 1. The minimum Gasteiger partial charge on any atom is -0.303 e. The molecule has 25 heavy (non-hydrogen) atoms. The van der Waals surface area contributed by atoms with Gasteiger partial charge in [-0.05, 0) is 62.9 Å². The first kappa shape index (κ1) is 19.5. The number of hydrogen-bond acceptors (Lipinski definition) is 2. The average molecular weight is 355 g/mol. The molecule has 0 saturated carbocycles. The highest BCUT2D eigenvalue weighted by Crippen LogP contribution is 2.33. The SMILES string of the molecule is Cl.N#CC(CCc1ccccc1)(CCN1CCCC1)c1ccccc1. The molecule has 1 aliphatic rings. The molecule has 0 aliphatic carbocycles. The fourth-order valence-corrected chi connectivity index (χ4v) is 3.70. The van der Waals surface area contributed by atoms with Crippen molar-refractivity contribution in [2.24, 2.45) is 0 Å². The second kappa shape index (κ2) is 9.61. The van der Waals surface area contributed by atoms with Crippen LogP contribution in [0.3, 0.4) is 0 Å². The van der Waals surface area contributed by atoms with E-state index in [1.165, 1.54) is 37.1 Å². The molecule has 2 aromatic rings. The zero-order valence-corrected chi connectivity index (χ0v) is 15.5. The molecule has 0 radical (unpaired) electrons. The number of hydrogen-bond donors (Lipinski definition) is 0. The quantitative estimate of drug-likeness (QED) is 0.700. The predicted octanol–water partition coefficient (Wildman–Crippen LogP) is 4.99. The summed E-state index contributed by atoms with van der Waals surface area (Å²) in [7, 11) is 0. The lowest BCUT2D eigenvalue weighted by Gasteiger charge is -2.29. The molecule has 1 unspecified atom stereocenters. The van der Waals surface area contributed by atoms with Crippen molar-refractivity contribution in [1.82, 2.24) is 4.90 Å². The van der Waals surface area contributed by atoms with Crippen LogP contribution in [-0.2, 0) is 11.8 Å². The van der Waals surface area contributed by atoms with E-state index in [0.29, 0.717) is 0 Å². The Balaban J connectivity index is 0.00000225. The van der Waals surface area contributed by atoms with E-state index in [4.69, 9.17) is 0 Å². The van der Waals surface area contributed by atoms with Crippen LogP contribution in [0.1, 0.15) is 36.8 Å². The van der Waals surface area contributed by atoms with Gasteiger partial charge in [-0.2, -0.15) is 5.26 Å². The van der Waals surface area contributed by atoms with E-state index < -0.39 is 0 Å². The van der Waals surface area contributed by atoms with Crippen LogP contribution in [0, 0.1) is 11.3 Å². The Morgan fingerprint density at radius 3 is 2.08 bits per heavy atom. The third kappa shape index (κ3) is 5.08. The summed E-state index contributed by atoms with van der Waals surface area (Å²) in [4.78, 5) is 2.51. The molecule has 2 nitrogen and oxygen atoms in total. The lowest BCUT2D eigenvalue weighted by molar-refractivity contribution is 0.297. The number of benzene rings is 2. The maximum atomic E-state index is 10.1. The topological polar surface area (TPSA) is 27.0 Å². The van der Waals surface area contributed by atoms with Gasteiger partial charge >= 0.3 is 0 Å². The number of likely N-dealkylation sites (tertiary alicyclic amines) is 1. The van der Waals surface area contributed by atoms with Crippen LogP contribution in [0.4, 0.5) is 0 Å². The molecule has 0 N–H and O–H groups in total. The van der Waals surface area contributed by atoms with Crippen LogP contribution < -0.4 is 0 Å². The van der Waals surface area contributed by atoms with Crippen molar-refractivity contribution in [2.45, 2.75) is 37.5 Å². The molecule has 0 amide bonds. The van der Waals surface area contributed by atoms with Gasteiger partial charge in [-0.25, -0.2) is 0 Å². The van der Waals surface area contributed by atoms with Gasteiger partial charge in [-0.1, -0.05) is 60.7 Å². The van der Waals surface area contributed by atoms with E-state index >= 15 is 0 Å². The maximum absolute atomic E-state index is 10.1. The van der Waals surface area contributed by atoms with Gasteiger partial charge in [-0.15, -0.1) is 12.4 Å². The van der Waals surface area contributed by atoms with Crippen molar-refractivity contribution in [2.75, 3.05) is 19.6 Å². The Kier molecular flexibility index (Phi) is 7.50. The van der Waals surface area contributed by atoms with Crippen molar-refractivity contribution in [1.29, 1.82) is 5.26 Å². The fourth-order valence-electron chi connectivity index (χ4n) is 3.70. The van der Waals surface area contributed by atoms with Gasteiger partial charge in [0.2, 0.25) is 0 Å². The maximum Gasteiger partial charge on any atom is 0.0837 e. The monoisotopic (exact) mass is 354 g/mol. The summed E-state index contributed by atoms with van der Waals surface area (Å²) in [5.41, 5.74) is 2.09. The summed E-state index contributed by atoms with van der Waals surface area (Å²) in [6, 6.07) is 23.6. The van der Waals surface area contributed by atoms with E-state index in [2.05, 4.69) is 59.5 Å². The minimum atomic E-state index is -0.389. The Labute approximate surface area is 157 Å². The fraction of sp³-hybridized carbons (Fsp3) is 0.409. The van der Waals surface area contributed by atoms with Crippen LogP contribution >= 0.6 is 12.4 Å². The van der Waals surface area contributed by atoms with E-state index in [-0.39, 0.29) is 17.8 Å². The van der Waals surface area contributed by atoms with Crippen molar-refractivity contribution >= 4 is 12.4 Å². The lowest BCUT2D eigenvalue weighted by atomic mass is 9.74. The molecule has 0 bridgehead atoms. The Morgan fingerprint density at radius 2 is 1.48 bits per heavy atom. The summed E-state index contributed by atoms with van der Waals surface area (Å²) < 4.78 is 0. The summed E-state index contributed by atoms with van der Waals surface area (Å²) >= 11 is 0. The van der Waals surface area contributed by atoms with Crippen LogP contribution in [0.2, 0.25) is 0 Å². The van der Waals surface area contributed by atoms with Gasteiger partial charge in [0.15, 0.2) is 0 Å². The molecule has 1 fully saturated rings. The standard InChI is InChI=1S/C22H26N2.ClH/c23-19-22(21-11-5-2-6-12-21,15-18-24-16-7-8-17-24)14-13-20-9-3-1-4-10-20;/h1-6,9-12H,7-8,13-18H2;1H. The third-order valence-corrected chi connectivity index (χ3v) is 5.28. The summed E-state index contributed by atoms with van der Waals surface area (Å²) in [5, 5.41) is 10.1. The second-order valence-electron chi connectivity index (χ2n) is 6.84. The molecule has 0 spiro atoms. The predicted molar refractivity (Wildman–Crippen MR) is 106 cm³/mol. The molecule has 3 rings (SSSR count). The molecule has 132 valence electrons. The first-order chi connectivity index (χ1) is 11.8. The third-order valence-electron chi connectivity index (χ3n) is 5.28. The highest BCUT2D eigenvalue weighted by Gasteiger charge is 2.32. The normalized spacial score (nSPS) is 16.6. The molecular weight excluding hydrogens is 328 g/mol. The Bertz CT molecular complexity index is 659. The summed E-state index contributed by atoms with van der Waals surface area (Å²) in [6.45, 7) is 3.40. The van der Waals surface area contributed by atoms with Gasteiger partial charge in [0.05, 0.1) is 11.5 Å². The van der Waals surface area contributed by atoms with Crippen molar-refractivity contribution in [3.8, 4) is 6.07 Å². The highest BCUT2D eigenvalue weighted by atomic mass is 35.5. The van der Waals surface area contributed by atoms with Crippen molar-refractivity contribution < 1.29 is 0 Å². The number of rotatable bonds is 7. The number of aryl methyl sites for hydroxylation is 1. The number of nitrogens with zero attached hydrogens (tertiary/aromatic N) is 2. The van der Waals surface area contributed by atoms with E-state index in [9.17, 15) is 5.26 Å². The average Bonchev–Trinajstić information content (AvgIpc) is 3.18. The van der Waals surface area contributed by atoms with Gasteiger partial charge in [0.25, 0.3) is 0 Å². The first-order valence-electron chi connectivity index (χ1n) is 9.05. The van der Waals surface area contributed by atoms with E-state index in [1.807, 2.05) is 12.1 Å². The molecule has 1 saturated heterocycles. The lowest BCUT2D eigenvalue weighted by Crippen LogP contribution is -2.32. The smallest absolute Gasteiger partial charge is 0.0837 e. The van der Waals surface area contributed by atoms with Crippen LogP contribution in [0.5, 0.6) is 0 Å². The van der Waals surface area contributed by atoms with E-state index in [1.54, 1.807) is 0 Å². The molecule has 0 aromatic heterocycles.